The molecule has 6 aromatic rings. The first-order valence-corrected chi connectivity index (χ1v) is 14.0. The Morgan fingerprint density at radius 1 is 1.00 bits per heavy atom. The molecule has 0 radical (unpaired) electrons. The lowest BCUT2D eigenvalue weighted by atomic mass is 9.94. The van der Waals surface area contributed by atoms with Gasteiger partial charge in [0, 0.05) is 35.4 Å². The molecule has 1 aliphatic carbocycles. The van der Waals surface area contributed by atoms with Crippen molar-refractivity contribution >= 4 is 29.6 Å². The monoisotopic (exact) mass is 586 g/mol. The molecule has 0 spiro atoms. The number of carbonyl (C=O) groups excluding carboxylic acids is 2. The Bertz CT molecular complexity index is 2000. The molecule has 1 aliphatic rings. The van der Waals surface area contributed by atoms with Gasteiger partial charge in [-0.25, -0.2) is 19.6 Å². The molecule has 4 heterocycles. The van der Waals surface area contributed by atoms with Crippen molar-refractivity contribution in [3.05, 3.63) is 108 Å². The maximum Gasteiger partial charge on any atom is 0.167 e. The van der Waals surface area contributed by atoms with Crippen molar-refractivity contribution in [3.63, 3.8) is 0 Å². The van der Waals surface area contributed by atoms with Crippen LogP contribution >= 0.6 is 0 Å². The van der Waals surface area contributed by atoms with Crippen LogP contribution in [0.3, 0.4) is 0 Å². The maximum atomic E-state index is 10.2. The van der Waals surface area contributed by atoms with Gasteiger partial charge in [-0.15, -0.1) is 0 Å². The van der Waals surface area contributed by atoms with Gasteiger partial charge in [0.15, 0.2) is 23.6 Å². The smallest absolute Gasteiger partial charge is 0.167 e. The summed E-state index contributed by atoms with van der Waals surface area (Å²) in [6.45, 7) is 2.25. The number of carbonyl (C=O) groups is 2. The van der Waals surface area contributed by atoms with Gasteiger partial charge in [0.1, 0.15) is 23.4 Å². The summed E-state index contributed by atoms with van der Waals surface area (Å²) in [6.07, 6.45) is 8.51. The number of aldehydes is 2. The zero-order chi connectivity index (χ0) is 30.8. The molecule has 2 aromatic carbocycles. The largest absolute Gasteiger partial charge is 0.507 e. The summed E-state index contributed by atoms with van der Waals surface area (Å²) in [5.41, 5.74) is 12.7. The number of hydrogen-bond acceptors (Lipinski definition) is 9. The highest BCUT2D eigenvalue weighted by molar-refractivity contribution is 5.85. The zero-order valence-corrected chi connectivity index (χ0v) is 24.2. The number of nitrogens with zero attached hydrogens (tertiary/aromatic N) is 6. The van der Waals surface area contributed by atoms with Crippen LogP contribution in [0.15, 0.2) is 85.3 Å². The second-order valence-electron chi connectivity index (χ2n) is 10.6. The summed E-state index contributed by atoms with van der Waals surface area (Å²) in [5.74, 6) is 1.77. The van der Waals surface area contributed by atoms with E-state index in [0.29, 0.717) is 24.0 Å². The van der Waals surface area contributed by atoms with Crippen molar-refractivity contribution in [2.75, 3.05) is 12.8 Å². The molecule has 220 valence electrons. The van der Waals surface area contributed by atoms with Gasteiger partial charge in [0.25, 0.3) is 0 Å². The van der Waals surface area contributed by atoms with E-state index >= 15 is 0 Å². The van der Waals surface area contributed by atoms with Crippen molar-refractivity contribution in [1.82, 2.24) is 34.6 Å². The van der Waals surface area contributed by atoms with E-state index in [1.165, 1.54) is 29.3 Å². The normalized spacial score (nSPS) is 15.4. The van der Waals surface area contributed by atoms with Gasteiger partial charge in [0.05, 0.1) is 11.1 Å². The average molecular weight is 587 g/mol. The molecule has 4 aromatic heterocycles. The van der Waals surface area contributed by atoms with Crippen LogP contribution in [0, 0.1) is 0 Å². The van der Waals surface area contributed by atoms with E-state index in [2.05, 4.69) is 45.1 Å². The number of aromatic hydroxyl groups is 1. The van der Waals surface area contributed by atoms with E-state index < -0.39 is 0 Å². The summed E-state index contributed by atoms with van der Waals surface area (Å²) < 4.78 is 3.82. The quantitative estimate of drug-likeness (QED) is 0.237. The van der Waals surface area contributed by atoms with E-state index in [1.807, 2.05) is 43.6 Å². The Morgan fingerprint density at radius 3 is 2.59 bits per heavy atom. The lowest BCUT2D eigenvalue weighted by molar-refractivity contribution is 0.112. The van der Waals surface area contributed by atoms with Crippen LogP contribution in [0.25, 0.3) is 34.1 Å². The van der Waals surface area contributed by atoms with Crippen LogP contribution in [-0.4, -0.2) is 54.0 Å². The average Bonchev–Trinajstić information content (AvgIpc) is 3.80. The number of anilines is 1. The second kappa shape index (κ2) is 11.5. The summed E-state index contributed by atoms with van der Waals surface area (Å²) in [7, 11) is 2.02. The molecule has 0 saturated carbocycles. The Morgan fingerprint density at radius 2 is 1.86 bits per heavy atom. The number of nitrogens with two attached hydrogens (primary N) is 1. The highest BCUT2D eigenvalue weighted by Crippen LogP contribution is 2.38. The minimum Gasteiger partial charge on any atom is -0.507 e. The number of aryl methyl sites for hydroxylation is 1. The number of hydrogen-bond donors (Lipinski definition) is 3. The zero-order valence-electron chi connectivity index (χ0n) is 24.2. The number of phenolic OH excluding ortho intramolecular Hbond substituents is 1. The molecule has 7 rings (SSSR count). The summed E-state index contributed by atoms with van der Waals surface area (Å²) in [6, 6.07) is 20.3. The standard InChI is InChI=1S/C25H24N8.C8H6O3/c1-25(27-2)11-10-16-15-17(6-7-19(16)25)33-23(18-5-3-12-28-22(18)26)30-20-8-9-21(31-24(20)33)32-14-4-13-29-32;9-4-6-1-2-8(11)7(3-6)5-10/h3-9,12-15,27H,10-11H2,1-2H3,(H2,26,28);1-5,11H. The van der Waals surface area contributed by atoms with Gasteiger partial charge in [-0.3, -0.25) is 14.2 Å². The van der Waals surface area contributed by atoms with Crippen molar-refractivity contribution in [3.8, 4) is 28.6 Å². The van der Waals surface area contributed by atoms with Crippen molar-refractivity contribution in [2.24, 2.45) is 0 Å². The van der Waals surface area contributed by atoms with Crippen LogP contribution in [0.2, 0.25) is 0 Å². The number of benzene rings is 2. The fourth-order valence-electron chi connectivity index (χ4n) is 5.50. The molecule has 0 aliphatic heterocycles. The van der Waals surface area contributed by atoms with Crippen molar-refractivity contribution in [1.29, 1.82) is 0 Å². The van der Waals surface area contributed by atoms with Crippen LogP contribution in [0.5, 0.6) is 5.75 Å². The lowest BCUT2D eigenvalue weighted by Gasteiger charge is -2.25. The van der Waals surface area contributed by atoms with Gasteiger partial charge in [-0.05, 0) is 98.6 Å². The van der Waals surface area contributed by atoms with E-state index in [-0.39, 0.29) is 16.9 Å². The number of pyridine rings is 2. The minimum atomic E-state index is -0.106. The van der Waals surface area contributed by atoms with Crippen molar-refractivity contribution in [2.45, 2.75) is 25.3 Å². The molecule has 0 saturated heterocycles. The fraction of sp³-hybridized carbons (Fsp3) is 0.152. The Hall–Kier alpha value is -5.68. The van der Waals surface area contributed by atoms with E-state index in [1.54, 1.807) is 17.1 Å². The van der Waals surface area contributed by atoms with Crippen LogP contribution in [0.1, 0.15) is 45.2 Å². The molecule has 4 N–H and O–H groups in total. The Balaban J connectivity index is 0.000000265. The molecule has 0 bridgehead atoms. The minimum absolute atomic E-state index is 0.00696. The molecular formula is C33H30N8O3. The molecule has 1 atom stereocenters. The molecule has 0 amide bonds. The van der Waals surface area contributed by atoms with Crippen LogP contribution < -0.4 is 11.1 Å². The first-order chi connectivity index (χ1) is 21.3. The number of nitrogens with one attached hydrogen (secondary N) is 1. The first-order valence-electron chi connectivity index (χ1n) is 14.0. The predicted octanol–water partition coefficient (Wildman–Crippen LogP) is 4.65. The number of nitrogen functional groups attached to an aromatic ring is 1. The van der Waals surface area contributed by atoms with E-state index in [0.717, 1.165) is 46.9 Å². The molecular weight excluding hydrogens is 556 g/mol. The summed E-state index contributed by atoms with van der Waals surface area (Å²) in [5, 5.41) is 16.8. The van der Waals surface area contributed by atoms with Gasteiger partial charge in [-0.1, -0.05) is 6.07 Å². The first kappa shape index (κ1) is 28.4. The number of rotatable bonds is 6. The third kappa shape index (κ3) is 5.09. The number of fused-ring (bicyclic) bond motifs is 2. The van der Waals surface area contributed by atoms with Crippen molar-refractivity contribution < 1.29 is 14.7 Å². The summed E-state index contributed by atoms with van der Waals surface area (Å²) in [4.78, 5) is 34.6. The molecule has 11 nitrogen and oxygen atoms in total. The van der Waals surface area contributed by atoms with E-state index in [4.69, 9.17) is 20.8 Å². The van der Waals surface area contributed by atoms with E-state index in [9.17, 15) is 9.59 Å². The highest BCUT2D eigenvalue weighted by Gasteiger charge is 2.33. The molecule has 1 unspecified atom stereocenters. The number of phenols is 1. The number of imidazole rings is 1. The highest BCUT2D eigenvalue weighted by atomic mass is 16.3. The van der Waals surface area contributed by atoms with Gasteiger partial charge in [0.2, 0.25) is 0 Å². The Labute approximate surface area is 253 Å². The summed E-state index contributed by atoms with van der Waals surface area (Å²) >= 11 is 0. The molecule has 44 heavy (non-hydrogen) atoms. The van der Waals surface area contributed by atoms with Gasteiger partial charge < -0.3 is 16.2 Å². The Kier molecular flexibility index (Phi) is 7.46. The third-order valence-electron chi connectivity index (χ3n) is 8.01. The predicted molar refractivity (Wildman–Crippen MR) is 167 cm³/mol. The van der Waals surface area contributed by atoms with Gasteiger partial charge in [-0.2, -0.15) is 5.10 Å². The van der Waals surface area contributed by atoms with Crippen LogP contribution in [0.4, 0.5) is 5.82 Å². The van der Waals surface area contributed by atoms with Crippen LogP contribution in [-0.2, 0) is 12.0 Å². The second-order valence-corrected chi connectivity index (χ2v) is 10.6. The maximum absolute atomic E-state index is 10.2. The lowest BCUT2D eigenvalue weighted by Crippen LogP contribution is -2.34. The SMILES string of the molecule is CNC1(C)CCc2cc(-n3c(-c4cccnc4N)nc4ccc(-n5cccn5)nc43)ccc21.O=Cc1ccc(O)c(C=O)c1. The third-order valence-corrected chi connectivity index (χ3v) is 8.01. The molecule has 11 heteroatoms. The van der Waals surface area contributed by atoms with Gasteiger partial charge >= 0.3 is 0 Å². The number of aromatic nitrogens is 6. The fourth-order valence-corrected chi connectivity index (χ4v) is 5.50. The topological polar surface area (TPSA) is 154 Å². The molecule has 0 fully saturated rings.